The fourth-order valence-electron chi connectivity index (χ4n) is 4.44. The van der Waals surface area contributed by atoms with Gasteiger partial charge >= 0.3 is 0 Å². The number of allylic oxidation sites excluding steroid dienone is 2. The van der Waals surface area contributed by atoms with E-state index in [4.69, 9.17) is 5.10 Å². The molecule has 1 aliphatic rings. The van der Waals surface area contributed by atoms with Crippen LogP contribution in [-0.2, 0) is 16.6 Å². The van der Waals surface area contributed by atoms with Crippen LogP contribution in [0.3, 0.4) is 0 Å². The Morgan fingerprint density at radius 3 is 2.39 bits per heavy atom. The van der Waals surface area contributed by atoms with E-state index in [-0.39, 0.29) is 5.82 Å². The average molecular weight is 436 g/mol. The van der Waals surface area contributed by atoms with Crippen LogP contribution in [0.15, 0.2) is 97.1 Å². The van der Waals surface area contributed by atoms with Crippen molar-refractivity contribution < 1.29 is 9.18 Å². The zero-order valence-corrected chi connectivity index (χ0v) is 17.9. The molecule has 1 N–H and O–H groups in total. The first-order chi connectivity index (χ1) is 16.2. The smallest absolute Gasteiger partial charge is 0.160 e. The van der Waals surface area contributed by atoms with Crippen LogP contribution in [0.1, 0.15) is 22.4 Å². The average Bonchev–Trinajstić information content (AvgIpc) is 3.20. The monoisotopic (exact) mass is 435 g/mol. The van der Waals surface area contributed by atoms with E-state index in [2.05, 4.69) is 23.5 Å². The molecule has 0 spiro atoms. The molecule has 0 amide bonds. The van der Waals surface area contributed by atoms with Crippen molar-refractivity contribution >= 4 is 30.1 Å². The Labute approximate surface area is 191 Å². The van der Waals surface area contributed by atoms with Gasteiger partial charge in [0, 0.05) is 29.3 Å². The van der Waals surface area contributed by atoms with E-state index in [0.717, 1.165) is 34.4 Å². The third-order valence-electron chi connectivity index (χ3n) is 6.00. The van der Waals surface area contributed by atoms with Crippen LogP contribution < -0.4 is 5.32 Å². The number of nitrogens with one attached hydrogen (secondary N) is 1. The second kappa shape index (κ2) is 8.71. The molecule has 1 aliphatic carbocycles. The maximum Gasteiger partial charge on any atom is 0.160 e. The molecule has 1 atom stereocenters. The van der Waals surface area contributed by atoms with Gasteiger partial charge in [-0.2, -0.15) is 0 Å². The van der Waals surface area contributed by atoms with Gasteiger partial charge in [-0.15, -0.1) is 5.10 Å². The normalized spacial score (nSPS) is 17.1. The number of para-hydroxylation sites is 1. The molecule has 0 fully saturated rings. The molecule has 162 valence electrons. The minimum Gasteiger partial charge on any atom is -0.338 e. The third-order valence-corrected chi connectivity index (χ3v) is 6.00. The van der Waals surface area contributed by atoms with Crippen molar-refractivity contribution in [3.8, 4) is 0 Å². The summed E-state index contributed by atoms with van der Waals surface area (Å²) in [6.07, 6.45) is 8.53. The minimum absolute atomic E-state index is 0.275. The molecule has 0 saturated carbocycles. The van der Waals surface area contributed by atoms with Crippen LogP contribution in [0, 0.1) is 5.82 Å². The molecule has 0 aliphatic heterocycles. The molecule has 1 aromatic heterocycles. The lowest BCUT2D eigenvalue weighted by Gasteiger charge is -2.35. The van der Waals surface area contributed by atoms with E-state index in [1.54, 1.807) is 23.0 Å². The Kier molecular flexibility index (Phi) is 5.45. The number of hydrogen-bond acceptors (Lipinski definition) is 3. The zero-order chi connectivity index (χ0) is 22.7. The molecule has 0 saturated heterocycles. The molecular formula is C28H22FN3O. The Bertz CT molecular complexity index is 1340. The van der Waals surface area contributed by atoms with E-state index in [1.165, 1.54) is 12.1 Å². The van der Waals surface area contributed by atoms with Gasteiger partial charge in [-0.1, -0.05) is 72.8 Å². The number of aromatic nitrogens is 2. The van der Waals surface area contributed by atoms with Crippen molar-refractivity contribution in [1.82, 2.24) is 9.78 Å². The lowest BCUT2D eigenvalue weighted by atomic mass is 9.68. The molecule has 4 nitrogen and oxygen atoms in total. The first-order valence-electron chi connectivity index (χ1n) is 10.8. The fraction of sp³-hybridized carbons (Fsp3) is 0.0714. The number of nitrogens with zero attached hydrogens (tertiary/aromatic N) is 2. The molecule has 1 unspecified atom stereocenters. The van der Waals surface area contributed by atoms with Gasteiger partial charge in [-0.05, 0) is 41.5 Å². The zero-order valence-electron chi connectivity index (χ0n) is 17.9. The number of hydrogen-bond donors (Lipinski definition) is 1. The quantitative estimate of drug-likeness (QED) is 0.299. The summed E-state index contributed by atoms with van der Waals surface area (Å²) in [6.45, 7) is 0. The lowest BCUT2D eigenvalue weighted by molar-refractivity contribution is -0.104. The Morgan fingerprint density at radius 2 is 1.67 bits per heavy atom. The topological polar surface area (TPSA) is 46.9 Å². The summed E-state index contributed by atoms with van der Waals surface area (Å²) in [5.74, 6) is 0.423. The van der Waals surface area contributed by atoms with Crippen molar-refractivity contribution in [3.05, 3.63) is 125 Å². The molecule has 1 heterocycles. The summed E-state index contributed by atoms with van der Waals surface area (Å²) < 4.78 is 16.0. The SMILES string of the molecule is O=CC=Cn1nc(Nc2ccccc2)c2c1CC(c1ccccc1)(c1cccc(F)c1)C=C2. The van der Waals surface area contributed by atoms with Crippen LogP contribution in [0.4, 0.5) is 15.9 Å². The highest BCUT2D eigenvalue weighted by atomic mass is 19.1. The Hall–Kier alpha value is -4.25. The predicted molar refractivity (Wildman–Crippen MR) is 130 cm³/mol. The van der Waals surface area contributed by atoms with E-state index < -0.39 is 5.41 Å². The summed E-state index contributed by atoms with van der Waals surface area (Å²) in [5.41, 5.74) is 4.14. The largest absolute Gasteiger partial charge is 0.338 e. The lowest BCUT2D eigenvalue weighted by Crippen LogP contribution is -2.31. The standard InChI is InChI=1S/C28H22FN3O/c29-23-12-7-11-22(19-23)28(21-9-3-1-4-10-21)16-15-25-26(20-28)32(17-8-18-33)31-27(25)30-24-13-5-2-6-14-24/h1-19H,20H2,(H,30,31). The fourth-order valence-corrected chi connectivity index (χ4v) is 4.44. The van der Waals surface area contributed by atoms with Gasteiger partial charge < -0.3 is 5.32 Å². The van der Waals surface area contributed by atoms with Gasteiger partial charge in [0.1, 0.15) is 12.1 Å². The summed E-state index contributed by atoms with van der Waals surface area (Å²) in [7, 11) is 0. The van der Waals surface area contributed by atoms with Crippen LogP contribution in [-0.4, -0.2) is 16.1 Å². The van der Waals surface area contributed by atoms with E-state index in [1.807, 2.05) is 60.7 Å². The molecular weight excluding hydrogens is 413 g/mol. The number of aldehydes is 1. The summed E-state index contributed by atoms with van der Waals surface area (Å²) >= 11 is 0. The number of halogens is 1. The molecule has 3 aromatic carbocycles. The maximum atomic E-state index is 14.3. The van der Waals surface area contributed by atoms with Gasteiger partial charge in [0.05, 0.1) is 5.69 Å². The molecule has 5 rings (SSSR count). The van der Waals surface area contributed by atoms with Crippen molar-refractivity contribution in [3.63, 3.8) is 0 Å². The number of fused-ring (bicyclic) bond motifs is 1. The highest BCUT2D eigenvalue weighted by Gasteiger charge is 2.37. The van der Waals surface area contributed by atoms with Crippen LogP contribution >= 0.6 is 0 Å². The van der Waals surface area contributed by atoms with Crippen LogP contribution in [0.25, 0.3) is 12.3 Å². The maximum absolute atomic E-state index is 14.3. The summed E-state index contributed by atoms with van der Waals surface area (Å²) in [5, 5.41) is 8.11. The van der Waals surface area contributed by atoms with E-state index >= 15 is 0 Å². The van der Waals surface area contributed by atoms with Crippen LogP contribution in [0.5, 0.6) is 0 Å². The first-order valence-corrected chi connectivity index (χ1v) is 10.8. The minimum atomic E-state index is -0.576. The summed E-state index contributed by atoms with van der Waals surface area (Å²) in [4.78, 5) is 11.1. The van der Waals surface area contributed by atoms with E-state index in [0.29, 0.717) is 12.2 Å². The van der Waals surface area contributed by atoms with Crippen LogP contribution in [0.2, 0.25) is 0 Å². The van der Waals surface area contributed by atoms with Crippen molar-refractivity contribution in [2.24, 2.45) is 0 Å². The highest BCUT2D eigenvalue weighted by molar-refractivity contribution is 5.76. The first kappa shape index (κ1) is 20.6. The van der Waals surface area contributed by atoms with Crippen molar-refractivity contribution in [1.29, 1.82) is 0 Å². The number of benzene rings is 3. The molecule has 33 heavy (non-hydrogen) atoms. The van der Waals surface area contributed by atoms with Gasteiger partial charge in [0.15, 0.2) is 5.82 Å². The summed E-state index contributed by atoms with van der Waals surface area (Å²) in [6, 6.07) is 26.6. The number of carbonyl (C=O) groups is 1. The highest BCUT2D eigenvalue weighted by Crippen LogP contribution is 2.43. The number of anilines is 2. The second-order valence-electron chi connectivity index (χ2n) is 7.98. The van der Waals surface area contributed by atoms with Gasteiger partial charge in [0.25, 0.3) is 0 Å². The number of rotatable bonds is 6. The Balaban J connectivity index is 1.67. The van der Waals surface area contributed by atoms with E-state index in [9.17, 15) is 9.18 Å². The molecule has 0 bridgehead atoms. The second-order valence-corrected chi connectivity index (χ2v) is 7.98. The van der Waals surface area contributed by atoms with Gasteiger partial charge in [-0.3, -0.25) is 4.79 Å². The van der Waals surface area contributed by atoms with Crippen molar-refractivity contribution in [2.75, 3.05) is 5.32 Å². The molecule has 0 radical (unpaired) electrons. The Morgan fingerprint density at radius 1 is 0.939 bits per heavy atom. The molecule has 4 aromatic rings. The number of carbonyl (C=O) groups excluding carboxylic acids is 1. The van der Waals surface area contributed by atoms with Gasteiger partial charge in [0.2, 0.25) is 0 Å². The van der Waals surface area contributed by atoms with Gasteiger partial charge in [-0.25, -0.2) is 9.07 Å². The predicted octanol–water partition coefficient (Wildman–Crippen LogP) is 5.99. The van der Waals surface area contributed by atoms with Crippen molar-refractivity contribution in [2.45, 2.75) is 11.8 Å². The molecule has 5 heteroatoms. The third kappa shape index (κ3) is 3.89.